The van der Waals surface area contributed by atoms with Crippen molar-refractivity contribution in [2.75, 3.05) is 26.4 Å². The summed E-state index contributed by atoms with van der Waals surface area (Å²) in [7, 11) is -1.69. The van der Waals surface area contributed by atoms with Crippen molar-refractivity contribution in [2.45, 2.75) is 6.42 Å². The predicted octanol–water partition coefficient (Wildman–Crippen LogP) is 1.35. The molecule has 0 radical (unpaired) electrons. The molecule has 0 saturated heterocycles. The second-order valence-corrected chi connectivity index (χ2v) is 7.23. The molecule has 0 saturated carbocycles. The van der Waals surface area contributed by atoms with Crippen molar-refractivity contribution in [1.82, 2.24) is 14.8 Å². The van der Waals surface area contributed by atoms with Gasteiger partial charge in [0.2, 0.25) is 10.0 Å². The van der Waals surface area contributed by atoms with Gasteiger partial charge in [-0.05, 0) is 6.42 Å². The van der Waals surface area contributed by atoms with Crippen LogP contribution in [0.1, 0.15) is 16.9 Å². The Morgan fingerprint density at radius 1 is 1.30 bits per heavy atom. The van der Waals surface area contributed by atoms with E-state index in [1.807, 2.05) is 30.3 Å². The summed E-state index contributed by atoms with van der Waals surface area (Å²) in [5.41, 5.74) is 1.04. The fourth-order valence-electron chi connectivity index (χ4n) is 1.88. The maximum atomic E-state index is 12.0. The normalized spacial score (nSPS) is 11.6. The fraction of sp³-hybridized carbons (Fsp3) is 0.333. The molecule has 1 heterocycles. The Morgan fingerprint density at radius 2 is 2.00 bits per heavy atom. The highest BCUT2D eigenvalue weighted by Crippen LogP contribution is 2.19. The monoisotopic (exact) mass is 337 g/mol. The standard InChI is InChI=1S/C15H19N3O4S/c1-18(23(2,20)21)10-6-9-16-15(19)13-11-14(22-17-13)12-7-4-3-5-8-12/h3-5,7-8,11H,6,9-10H2,1-2H3,(H,16,19). The van der Waals surface area contributed by atoms with Gasteiger partial charge in [0.15, 0.2) is 11.5 Å². The molecule has 0 atom stereocenters. The molecule has 0 fully saturated rings. The van der Waals surface area contributed by atoms with Gasteiger partial charge in [-0.3, -0.25) is 4.79 Å². The summed E-state index contributed by atoms with van der Waals surface area (Å²) in [5.74, 6) is 0.172. The van der Waals surface area contributed by atoms with Crippen LogP contribution in [0.25, 0.3) is 11.3 Å². The molecule has 1 aromatic heterocycles. The van der Waals surface area contributed by atoms with Crippen LogP contribution < -0.4 is 5.32 Å². The maximum Gasteiger partial charge on any atom is 0.273 e. The van der Waals surface area contributed by atoms with Gasteiger partial charge < -0.3 is 9.84 Å². The first-order chi connectivity index (χ1) is 10.9. The van der Waals surface area contributed by atoms with E-state index in [4.69, 9.17) is 4.52 Å². The Kier molecular flexibility index (Phi) is 5.51. The van der Waals surface area contributed by atoms with Crippen molar-refractivity contribution < 1.29 is 17.7 Å². The number of hydrogen-bond donors (Lipinski definition) is 1. The van der Waals surface area contributed by atoms with Crippen LogP contribution >= 0.6 is 0 Å². The zero-order valence-corrected chi connectivity index (χ0v) is 13.8. The maximum absolute atomic E-state index is 12.0. The van der Waals surface area contributed by atoms with Crippen molar-refractivity contribution in [2.24, 2.45) is 0 Å². The van der Waals surface area contributed by atoms with Gasteiger partial charge >= 0.3 is 0 Å². The number of amides is 1. The summed E-state index contributed by atoms with van der Waals surface area (Å²) >= 11 is 0. The molecule has 0 aliphatic rings. The SMILES string of the molecule is CN(CCCNC(=O)c1cc(-c2ccccc2)on1)S(C)(=O)=O. The first-order valence-corrected chi connectivity index (χ1v) is 8.94. The minimum absolute atomic E-state index is 0.195. The van der Waals surface area contributed by atoms with Crippen molar-refractivity contribution in [1.29, 1.82) is 0 Å². The van der Waals surface area contributed by atoms with E-state index in [9.17, 15) is 13.2 Å². The molecule has 1 N–H and O–H groups in total. The molecule has 0 spiro atoms. The van der Waals surface area contributed by atoms with Gasteiger partial charge in [0.1, 0.15) is 0 Å². The number of nitrogens with one attached hydrogen (secondary N) is 1. The lowest BCUT2D eigenvalue weighted by atomic mass is 10.1. The first kappa shape index (κ1) is 17.2. The van der Waals surface area contributed by atoms with Crippen molar-refractivity contribution in [3.63, 3.8) is 0 Å². The molecule has 1 aromatic carbocycles. The molecule has 8 heteroatoms. The quantitative estimate of drug-likeness (QED) is 0.770. The molecule has 0 bridgehead atoms. The summed E-state index contributed by atoms with van der Waals surface area (Å²) in [6.07, 6.45) is 1.66. The zero-order valence-electron chi connectivity index (χ0n) is 13.0. The van der Waals surface area contributed by atoms with Gasteiger partial charge in [-0.25, -0.2) is 12.7 Å². The van der Waals surface area contributed by atoms with Gasteiger partial charge in [0.25, 0.3) is 5.91 Å². The highest BCUT2D eigenvalue weighted by molar-refractivity contribution is 7.88. The van der Waals surface area contributed by atoms with Crippen LogP contribution in [0.3, 0.4) is 0 Å². The Hall–Kier alpha value is -2.19. The van der Waals surface area contributed by atoms with Gasteiger partial charge in [-0.15, -0.1) is 0 Å². The van der Waals surface area contributed by atoms with Crippen LogP contribution in [0, 0.1) is 0 Å². The summed E-state index contributed by atoms with van der Waals surface area (Å²) in [5, 5.41) is 6.44. The van der Waals surface area contributed by atoms with E-state index in [1.165, 1.54) is 11.4 Å². The van der Waals surface area contributed by atoms with E-state index in [1.54, 1.807) is 6.07 Å². The van der Waals surface area contributed by atoms with Crippen LogP contribution in [-0.2, 0) is 10.0 Å². The molecule has 23 heavy (non-hydrogen) atoms. The number of benzene rings is 1. The molecule has 124 valence electrons. The summed E-state index contributed by atoms with van der Waals surface area (Å²) < 4.78 is 28.9. The highest BCUT2D eigenvalue weighted by atomic mass is 32.2. The third kappa shape index (κ3) is 4.90. The van der Waals surface area contributed by atoms with Crippen LogP contribution in [0.15, 0.2) is 40.9 Å². The van der Waals surface area contributed by atoms with E-state index in [0.29, 0.717) is 25.3 Å². The Labute approximate surface area is 135 Å². The van der Waals surface area contributed by atoms with Gasteiger partial charge in [0.05, 0.1) is 6.26 Å². The lowest BCUT2D eigenvalue weighted by Gasteiger charge is -2.13. The average Bonchev–Trinajstić information content (AvgIpc) is 3.01. The lowest BCUT2D eigenvalue weighted by Crippen LogP contribution is -2.31. The van der Waals surface area contributed by atoms with E-state index in [-0.39, 0.29) is 11.6 Å². The minimum atomic E-state index is -3.19. The van der Waals surface area contributed by atoms with Crippen LogP contribution in [0.2, 0.25) is 0 Å². The van der Waals surface area contributed by atoms with Crippen LogP contribution in [0.5, 0.6) is 0 Å². The van der Waals surface area contributed by atoms with Gasteiger partial charge in [-0.1, -0.05) is 35.5 Å². The van der Waals surface area contributed by atoms with E-state index in [2.05, 4.69) is 10.5 Å². The van der Waals surface area contributed by atoms with Gasteiger partial charge in [-0.2, -0.15) is 0 Å². The first-order valence-electron chi connectivity index (χ1n) is 7.09. The second kappa shape index (κ2) is 7.38. The van der Waals surface area contributed by atoms with Crippen LogP contribution in [-0.4, -0.2) is 50.2 Å². The third-order valence-electron chi connectivity index (χ3n) is 3.30. The number of aromatic nitrogens is 1. The zero-order chi connectivity index (χ0) is 16.9. The number of carbonyl (C=O) groups excluding carboxylic acids is 1. The Bertz CT molecular complexity index is 756. The smallest absolute Gasteiger partial charge is 0.273 e. The third-order valence-corrected chi connectivity index (χ3v) is 4.62. The predicted molar refractivity (Wildman–Crippen MR) is 86.4 cm³/mol. The summed E-state index contributed by atoms with van der Waals surface area (Å²) in [6, 6.07) is 10.9. The number of rotatable bonds is 7. The molecule has 0 aliphatic carbocycles. The number of nitrogens with zero attached hydrogens (tertiary/aromatic N) is 2. The average molecular weight is 337 g/mol. The molecule has 2 rings (SSSR count). The fourth-order valence-corrected chi connectivity index (χ4v) is 2.34. The largest absolute Gasteiger partial charge is 0.355 e. The van der Waals surface area contributed by atoms with E-state index < -0.39 is 10.0 Å². The number of hydrogen-bond acceptors (Lipinski definition) is 5. The molecule has 2 aromatic rings. The molecule has 0 unspecified atom stereocenters. The summed E-state index contributed by atoms with van der Waals surface area (Å²) in [4.78, 5) is 12.0. The summed E-state index contributed by atoms with van der Waals surface area (Å²) in [6.45, 7) is 0.694. The van der Waals surface area contributed by atoms with Crippen molar-refractivity contribution in [3.05, 3.63) is 42.1 Å². The Balaban J connectivity index is 1.84. The number of carbonyl (C=O) groups is 1. The van der Waals surface area contributed by atoms with Gasteiger partial charge in [0, 0.05) is 31.8 Å². The molecular formula is C15H19N3O4S. The number of sulfonamides is 1. The molecule has 0 aliphatic heterocycles. The Morgan fingerprint density at radius 3 is 2.65 bits per heavy atom. The lowest BCUT2D eigenvalue weighted by molar-refractivity contribution is 0.0944. The molecule has 1 amide bonds. The van der Waals surface area contributed by atoms with E-state index in [0.717, 1.165) is 11.8 Å². The van der Waals surface area contributed by atoms with E-state index >= 15 is 0 Å². The second-order valence-electron chi connectivity index (χ2n) is 5.14. The molecule has 7 nitrogen and oxygen atoms in total. The topological polar surface area (TPSA) is 92.5 Å². The van der Waals surface area contributed by atoms with Crippen LogP contribution in [0.4, 0.5) is 0 Å². The highest BCUT2D eigenvalue weighted by Gasteiger charge is 2.14. The minimum Gasteiger partial charge on any atom is -0.355 e. The van der Waals surface area contributed by atoms with Crippen molar-refractivity contribution in [3.8, 4) is 11.3 Å². The molecular weight excluding hydrogens is 318 g/mol. The van der Waals surface area contributed by atoms with Crippen molar-refractivity contribution >= 4 is 15.9 Å².